The van der Waals surface area contributed by atoms with Gasteiger partial charge >= 0.3 is 5.97 Å². The number of nitrogens with one attached hydrogen (secondary N) is 1. The topological polar surface area (TPSA) is 67.9 Å². The van der Waals surface area contributed by atoms with Crippen molar-refractivity contribution < 1.29 is 19.1 Å². The molecule has 0 unspecified atom stereocenters. The molecule has 0 saturated carbocycles. The third-order valence-electron chi connectivity index (χ3n) is 4.14. The molecular formula is C20H21IN2O4. The van der Waals surface area contributed by atoms with E-state index in [1.165, 1.54) is 5.56 Å². The highest BCUT2D eigenvalue weighted by atomic mass is 127. The first-order chi connectivity index (χ1) is 13.1. The van der Waals surface area contributed by atoms with Crippen molar-refractivity contribution in [1.82, 2.24) is 4.90 Å². The normalized spacial score (nSPS) is 14.6. The number of carbonyl (C=O) groups excluding carboxylic acids is 2. The number of morpholine rings is 1. The highest BCUT2D eigenvalue weighted by Crippen LogP contribution is 2.13. The van der Waals surface area contributed by atoms with E-state index >= 15 is 0 Å². The number of rotatable bonds is 6. The molecule has 0 aliphatic carbocycles. The van der Waals surface area contributed by atoms with E-state index in [-0.39, 0.29) is 12.5 Å². The van der Waals surface area contributed by atoms with Gasteiger partial charge in [0.05, 0.1) is 18.8 Å². The molecule has 0 aromatic heterocycles. The fourth-order valence-corrected chi connectivity index (χ4v) is 3.28. The van der Waals surface area contributed by atoms with Crippen molar-refractivity contribution in [3.05, 3.63) is 63.2 Å². The number of esters is 1. The molecule has 1 amide bonds. The van der Waals surface area contributed by atoms with Crippen LogP contribution in [0.2, 0.25) is 0 Å². The molecule has 1 saturated heterocycles. The Labute approximate surface area is 172 Å². The number of amides is 1. The lowest BCUT2D eigenvalue weighted by Gasteiger charge is -2.26. The molecule has 1 fully saturated rings. The summed E-state index contributed by atoms with van der Waals surface area (Å²) in [7, 11) is 0. The summed E-state index contributed by atoms with van der Waals surface area (Å²) >= 11 is 2.12. The molecule has 7 heteroatoms. The van der Waals surface area contributed by atoms with E-state index in [2.05, 4.69) is 32.8 Å². The molecule has 1 heterocycles. The molecule has 0 bridgehead atoms. The summed E-state index contributed by atoms with van der Waals surface area (Å²) in [6.45, 7) is 3.96. The molecular weight excluding hydrogens is 459 g/mol. The predicted octanol–water partition coefficient (Wildman–Crippen LogP) is 2.92. The maximum absolute atomic E-state index is 12.0. The van der Waals surface area contributed by atoms with Gasteiger partial charge in [-0.25, -0.2) is 4.79 Å². The van der Waals surface area contributed by atoms with Crippen molar-refractivity contribution in [2.24, 2.45) is 0 Å². The van der Waals surface area contributed by atoms with Crippen LogP contribution in [0.3, 0.4) is 0 Å². The van der Waals surface area contributed by atoms with Crippen LogP contribution >= 0.6 is 22.6 Å². The molecule has 6 nitrogen and oxygen atoms in total. The van der Waals surface area contributed by atoms with E-state index in [4.69, 9.17) is 9.47 Å². The minimum absolute atomic E-state index is 0.320. The Bertz CT molecular complexity index is 789. The summed E-state index contributed by atoms with van der Waals surface area (Å²) in [6, 6.07) is 14.7. The van der Waals surface area contributed by atoms with Crippen molar-refractivity contribution in [3.8, 4) is 0 Å². The number of nitrogens with zero attached hydrogens (tertiary/aromatic N) is 1. The minimum atomic E-state index is -0.510. The van der Waals surface area contributed by atoms with E-state index in [9.17, 15) is 9.59 Å². The van der Waals surface area contributed by atoms with E-state index in [1.54, 1.807) is 18.2 Å². The summed E-state index contributed by atoms with van der Waals surface area (Å²) in [5.41, 5.74) is 2.29. The summed E-state index contributed by atoms with van der Waals surface area (Å²) < 4.78 is 11.4. The molecule has 1 N–H and O–H groups in total. The Kier molecular flexibility index (Phi) is 7.19. The van der Waals surface area contributed by atoms with Gasteiger partial charge in [-0.1, -0.05) is 18.2 Å². The maximum Gasteiger partial charge on any atom is 0.338 e. The molecule has 2 aromatic rings. The fraction of sp³-hybridized carbons (Fsp3) is 0.300. The van der Waals surface area contributed by atoms with E-state index in [1.807, 2.05) is 30.3 Å². The van der Waals surface area contributed by atoms with Gasteiger partial charge in [0.1, 0.15) is 0 Å². The van der Waals surface area contributed by atoms with Gasteiger partial charge in [0.25, 0.3) is 5.91 Å². The maximum atomic E-state index is 12.0. The zero-order valence-electron chi connectivity index (χ0n) is 14.8. The average molecular weight is 480 g/mol. The molecule has 3 rings (SSSR count). The fourth-order valence-electron chi connectivity index (χ4n) is 2.74. The zero-order chi connectivity index (χ0) is 19.1. The number of anilines is 1. The monoisotopic (exact) mass is 480 g/mol. The summed E-state index contributed by atoms with van der Waals surface area (Å²) in [5, 5.41) is 2.74. The van der Waals surface area contributed by atoms with Crippen LogP contribution in [0.4, 0.5) is 5.69 Å². The van der Waals surface area contributed by atoms with Gasteiger partial charge in [0.2, 0.25) is 0 Å². The van der Waals surface area contributed by atoms with Gasteiger partial charge in [-0.3, -0.25) is 9.69 Å². The predicted molar refractivity (Wildman–Crippen MR) is 111 cm³/mol. The highest BCUT2D eigenvalue weighted by molar-refractivity contribution is 14.1. The van der Waals surface area contributed by atoms with Crippen LogP contribution in [0.5, 0.6) is 0 Å². The summed E-state index contributed by atoms with van der Waals surface area (Å²) in [6.07, 6.45) is 0. The van der Waals surface area contributed by atoms with Gasteiger partial charge in [0, 0.05) is 28.9 Å². The van der Waals surface area contributed by atoms with Gasteiger partial charge in [-0.15, -0.1) is 0 Å². The van der Waals surface area contributed by atoms with Crippen LogP contribution in [0.15, 0.2) is 48.5 Å². The number of hydrogen-bond donors (Lipinski definition) is 1. The third-order valence-corrected chi connectivity index (χ3v) is 4.81. The van der Waals surface area contributed by atoms with Crippen molar-refractivity contribution in [1.29, 1.82) is 0 Å². The molecule has 0 radical (unpaired) electrons. The first-order valence-electron chi connectivity index (χ1n) is 8.72. The van der Waals surface area contributed by atoms with Crippen LogP contribution in [-0.2, 0) is 20.8 Å². The zero-order valence-corrected chi connectivity index (χ0v) is 17.0. The van der Waals surface area contributed by atoms with E-state index < -0.39 is 5.97 Å². The molecule has 27 heavy (non-hydrogen) atoms. The quantitative estimate of drug-likeness (QED) is 0.509. The second-order valence-corrected chi connectivity index (χ2v) is 7.47. The van der Waals surface area contributed by atoms with Crippen molar-refractivity contribution in [3.63, 3.8) is 0 Å². The third kappa shape index (κ3) is 6.30. The summed E-state index contributed by atoms with van der Waals surface area (Å²) in [4.78, 5) is 26.3. The van der Waals surface area contributed by atoms with E-state index in [0.717, 1.165) is 36.4 Å². The number of benzene rings is 2. The second kappa shape index (κ2) is 9.82. The van der Waals surface area contributed by atoms with Gasteiger partial charge < -0.3 is 14.8 Å². The standard InChI is InChI=1S/C20H21IN2O4/c21-17-3-1-2-16(12-17)20(25)27-14-19(24)22-18-6-4-15(5-7-18)13-23-8-10-26-11-9-23/h1-7,12H,8-11,13-14H2,(H,22,24). The van der Waals surface area contributed by atoms with Crippen LogP contribution in [0.1, 0.15) is 15.9 Å². The van der Waals surface area contributed by atoms with Gasteiger partial charge in [-0.05, 0) is 58.5 Å². The minimum Gasteiger partial charge on any atom is -0.452 e. The van der Waals surface area contributed by atoms with Crippen molar-refractivity contribution in [2.75, 3.05) is 38.2 Å². The van der Waals surface area contributed by atoms with Crippen molar-refractivity contribution >= 4 is 40.2 Å². The molecule has 0 spiro atoms. The average Bonchev–Trinajstić information content (AvgIpc) is 2.68. The largest absolute Gasteiger partial charge is 0.452 e. The highest BCUT2D eigenvalue weighted by Gasteiger charge is 2.12. The molecule has 1 aliphatic heterocycles. The van der Waals surface area contributed by atoms with Gasteiger partial charge in [-0.2, -0.15) is 0 Å². The number of carbonyl (C=O) groups is 2. The lowest BCUT2D eigenvalue weighted by Crippen LogP contribution is -2.35. The number of hydrogen-bond acceptors (Lipinski definition) is 5. The number of ether oxygens (including phenoxy) is 2. The molecule has 142 valence electrons. The van der Waals surface area contributed by atoms with Crippen LogP contribution in [0, 0.1) is 3.57 Å². The lowest BCUT2D eigenvalue weighted by molar-refractivity contribution is -0.119. The Morgan fingerprint density at radius 3 is 2.56 bits per heavy atom. The van der Waals surface area contributed by atoms with Crippen molar-refractivity contribution in [2.45, 2.75) is 6.54 Å². The van der Waals surface area contributed by atoms with E-state index in [0.29, 0.717) is 11.3 Å². The second-order valence-electron chi connectivity index (χ2n) is 6.22. The Morgan fingerprint density at radius 1 is 1.11 bits per heavy atom. The Hall–Kier alpha value is -1.97. The van der Waals surface area contributed by atoms with Gasteiger partial charge in [0.15, 0.2) is 6.61 Å². The summed E-state index contributed by atoms with van der Waals surface area (Å²) in [5.74, 6) is -0.876. The smallest absolute Gasteiger partial charge is 0.338 e. The molecule has 2 aromatic carbocycles. The van der Waals surface area contributed by atoms with Crippen LogP contribution in [-0.4, -0.2) is 49.7 Å². The Balaban J connectivity index is 1.45. The lowest BCUT2D eigenvalue weighted by atomic mass is 10.2. The molecule has 0 atom stereocenters. The van der Waals surface area contributed by atoms with Crippen LogP contribution < -0.4 is 5.32 Å². The first kappa shape index (κ1) is 19.8. The first-order valence-corrected chi connectivity index (χ1v) is 9.79. The van der Waals surface area contributed by atoms with Crippen LogP contribution in [0.25, 0.3) is 0 Å². The Morgan fingerprint density at radius 2 is 1.85 bits per heavy atom. The molecule has 1 aliphatic rings. The SMILES string of the molecule is O=C(COC(=O)c1cccc(I)c1)Nc1ccc(CN2CCOCC2)cc1. The number of halogens is 1.